The standard InChI is InChI=1S/C21H22N2O3/c1-15-7-6-8-19(17(15)3)25-14-21(24)23(20-9-4-5-12-22-20)13-18-11-10-16(2)26-18/h4-12H,13-14H2,1-3H3. The molecule has 0 saturated heterocycles. The van der Waals surface area contributed by atoms with E-state index >= 15 is 0 Å². The number of carbonyl (C=O) groups is 1. The molecule has 0 bridgehead atoms. The van der Waals surface area contributed by atoms with E-state index in [-0.39, 0.29) is 12.5 Å². The Kier molecular flexibility index (Phi) is 5.37. The molecule has 5 nitrogen and oxygen atoms in total. The second kappa shape index (κ2) is 7.87. The summed E-state index contributed by atoms with van der Waals surface area (Å²) in [6, 6.07) is 15.0. The fourth-order valence-corrected chi connectivity index (χ4v) is 2.63. The molecular formula is C21H22N2O3. The highest BCUT2D eigenvalue weighted by atomic mass is 16.5. The number of nitrogens with zero attached hydrogens (tertiary/aromatic N) is 2. The lowest BCUT2D eigenvalue weighted by molar-refractivity contribution is -0.120. The van der Waals surface area contributed by atoms with E-state index in [4.69, 9.17) is 9.15 Å². The Morgan fingerprint density at radius 2 is 1.92 bits per heavy atom. The van der Waals surface area contributed by atoms with E-state index in [0.717, 1.165) is 16.9 Å². The van der Waals surface area contributed by atoms with Gasteiger partial charge in [-0.25, -0.2) is 4.98 Å². The first-order chi connectivity index (χ1) is 12.5. The fraction of sp³-hybridized carbons (Fsp3) is 0.238. The average Bonchev–Trinajstić information content (AvgIpc) is 3.06. The van der Waals surface area contributed by atoms with Gasteiger partial charge in [-0.2, -0.15) is 0 Å². The minimum absolute atomic E-state index is 0.0689. The molecule has 2 aromatic heterocycles. The number of hydrogen-bond donors (Lipinski definition) is 0. The van der Waals surface area contributed by atoms with Crippen molar-refractivity contribution in [2.45, 2.75) is 27.3 Å². The number of rotatable bonds is 6. The van der Waals surface area contributed by atoms with Crippen molar-refractivity contribution in [2.75, 3.05) is 11.5 Å². The molecule has 5 heteroatoms. The molecule has 0 atom stereocenters. The number of anilines is 1. The van der Waals surface area contributed by atoms with E-state index in [0.29, 0.717) is 23.9 Å². The van der Waals surface area contributed by atoms with Gasteiger partial charge in [-0.05, 0) is 62.2 Å². The molecule has 0 spiro atoms. The predicted molar refractivity (Wildman–Crippen MR) is 100 cm³/mol. The Morgan fingerprint density at radius 1 is 1.08 bits per heavy atom. The molecule has 0 aliphatic carbocycles. The van der Waals surface area contributed by atoms with Gasteiger partial charge < -0.3 is 9.15 Å². The second-order valence-corrected chi connectivity index (χ2v) is 6.17. The quantitative estimate of drug-likeness (QED) is 0.668. The molecule has 26 heavy (non-hydrogen) atoms. The minimum atomic E-state index is -0.182. The highest BCUT2D eigenvalue weighted by Crippen LogP contribution is 2.21. The van der Waals surface area contributed by atoms with Gasteiger partial charge in [0.1, 0.15) is 23.1 Å². The molecule has 0 aliphatic rings. The Balaban J connectivity index is 1.77. The van der Waals surface area contributed by atoms with Gasteiger partial charge in [-0.15, -0.1) is 0 Å². The van der Waals surface area contributed by atoms with Crippen LogP contribution >= 0.6 is 0 Å². The molecule has 134 valence electrons. The molecule has 0 fully saturated rings. The van der Waals surface area contributed by atoms with Crippen LogP contribution in [0.15, 0.2) is 59.1 Å². The molecule has 0 saturated carbocycles. The number of amides is 1. The number of hydrogen-bond acceptors (Lipinski definition) is 4. The first kappa shape index (κ1) is 17.7. The van der Waals surface area contributed by atoms with Crippen LogP contribution in [-0.4, -0.2) is 17.5 Å². The van der Waals surface area contributed by atoms with Gasteiger partial charge in [-0.1, -0.05) is 18.2 Å². The summed E-state index contributed by atoms with van der Waals surface area (Å²) in [6.45, 7) is 6.11. The van der Waals surface area contributed by atoms with E-state index in [1.807, 2.05) is 63.2 Å². The lowest BCUT2D eigenvalue weighted by atomic mass is 10.1. The number of furan rings is 1. The summed E-state index contributed by atoms with van der Waals surface area (Å²) in [4.78, 5) is 18.7. The zero-order chi connectivity index (χ0) is 18.5. The van der Waals surface area contributed by atoms with Gasteiger partial charge in [0.2, 0.25) is 0 Å². The summed E-state index contributed by atoms with van der Waals surface area (Å²) in [5, 5.41) is 0. The molecule has 1 amide bonds. The molecule has 0 aliphatic heterocycles. The average molecular weight is 350 g/mol. The third kappa shape index (κ3) is 4.11. The third-order valence-electron chi connectivity index (χ3n) is 4.24. The van der Waals surface area contributed by atoms with Crippen molar-refractivity contribution >= 4 is 11.7 Å². The number of pyridine rings is 1. The zero-order valence-electron chi connectivity index (χ0n) is 15.2. The molecule has 3 aromatic rings. The lowest BCUT2D eigenvalue weighted by Crippen LogP contribution is -2.35. The predicted octanol–water partition coefficient (Wildman–Crippen LogP) is 4.21. The topological polar surface area (TPSA) is 55.6 Å². The van der Waals surface area contributed by atoms with Crippen LogP contribution in [0.2, 0.25) is 0 Å². The first-order valence-electron chi connectivity index (χ1n) is 8.50. The summed E-state index contributed by atoms with van der Waals surface area (Å²) in [6.07, 6.45) is 1.66. The molecule has 0 N–H and O–H groups in total. The summed E-state index contributed by atoms with van der Waals surface area (Å²) in [7, 11) is 0. The maximum Gasteiger partial charge on any atom is 0.266 e. The monoisotopic (exact) mass is 350 g/mol. The Hall–Kier alpha value is -3.08. The number of aromatic nitrogens is 1. The van der Waals surface area contributed by atoms with Crippen LogP contribution in [0.1, 0.15) is 22.6 Å². The molecule has 0 unspecified atom stereocenters. The Morgan fingerprint density at radius 3 is 2.62 bits per heavy atom. The molecule has 1 aromatic carbocycles. The maximum atomic E-state index is 12.8. The molecule has 3 rings (SSSR count). The minimum Gasteiger partial charge on any atom is -0.483 e. The SMILES string of the molecule is Cc1ccc(CN(C(=O)COc2cccc(C)c2C)c2ccccn2)o1. The molecular weight excluding hydrogens is 328 g/mol. The van der Waals surface area contributed by atoms with E-state index in [1.54, 1.807) is 17.2 Å². The zero-order valence-corrected chi connectivity index (χ0v) is 15.2. The normalized spacial score (nSPS) is 10.6. The number of aryl methyl sites for hydroxylation is 2. The van der Waals surface area contributed by atoms with Crippen molar-refractivity contribution in [1.82, 2.24) is 4.98 Å². The summed E-state index contributed by atoms with van der Waals surface area (Å²) >= 11 is 0. The van der Waals surface area contributed by atoms with Crippen molar-refractivity contribution in [3.63, 3.8) is 0 Å². The molecule has 0 radical (unpaired) electrons. The molecule has 2 heterocycles. The van der Waals surface area contributed by atoms with E-state index < -0.39 is 0 Å². The van der Waals surface area contributed by atoms with Crippen LogP contribution in [0.4, 0.5) is 5.82 Å². The van der Waals surface area contributed by atoms with Crippen LogP contribution in [0.25, 0.3) is 0 Å². The number of benzene rings is 1. The highest BCUT2D eigenvalue weighted by Gasteiger charge is 2.20. The van der Waals surface area contributed by atoms with E-state index in [1.165, 1.54) is 0 Å². The Labute approximate surface area is 153 Å². The van der Waals surface area contributed by atoms with E-state index in [9.17, 15) is 4.79 Å². The van der Waals surface area contributed by atoms with Crippen LogP contribution in [0.3, 0.4) is 0 Å². The highest BCUT2D eigenvalue weighted by molar-refractivity contribution is 5.93. The first-order valence-corrected chi connectivity index (χ1v) is 8.50. The van der Waals surface area contributed by atoms with Gasteiger partial charge in [0.15, 0.2) is 6.61 Å². The van der Waals surface area contributed by atoms with Crippen molar-refractivity contribution in [1.29, 1.82) is 0 Å². The summed E-state index contributed by atoms with van der Waals surface area (Å²) < 4.78 is 11.4. The van der Waals surface area contributed by atoms with Crippen LogP contribution in [0.5, 0.6) is 5.75 Å². The van der Waals surface area contributed by atoms with Crippen LogP contribution < -0.4 is 9.64 Å². The van der Waals surface area contributed by atoms with Gasteiger partial charge >= 0.3 is 0 Å². The van der Waals surface area contributed by atoms with Crippen molar-refractivity contribution < 1.29 is 13.9 Å². The maximum absolute atomic E-state index is 12.8. The fourth-order valence-electron chi connectivity index (χ4n) is 2.63. The van der Waals surface area contributed by atoms with Crippen molar-refractivity contribution in [2.24, 2.45) is 0 Å². The van der Waals surface area contributed by atoms with Gasteiger partial charge in [-0.3, -0.25) is 9.69 Å². The lowest BCUT2D eigenvalue weighted by Gasteiger charge is -2.21. The van der Waals surface area contributed by atoms with Crippen LogP contribution in [-0.2, 0) is 11.3 Å². The second-order valence-electron chi connectivity index (χ2n) is 6.17. The largest absolute Gasteiger partial charge is 0.483 e. The van der Waals surface area contributed by atoms with Crippen molar-refractivity contribution in [3.05, 3.63) is 77.4 Å². The number of ether oxygens (including phenoxy) is 1. The number of carbonyl (C=O) groups excluding carboxylic acids is 1. The van der Waals surface area contributed by atoms with Gasteiger partial charge in [0, 0.05) is 6.20 Å². The van der Waals surface area contributed by atoms with Crippen molar-refractivity contribution in [3.8, 4) is 5.75 Å². The van der Waals surface area contributed by atoms with Gasteiger partial charge in [0.05, 0.1) is 6.54 Å². The summed E-state index contributed by atoms with van der Waals surface area (Å²) in [5.41, 5.74) is 2.16. The van der Waals surface area contributed by atoms with E-state index in [2.05, 4.69) is 4.98 Å². The smallest absolute Gasteiger partial charge is 0.266 e. The summed E-state index contributed by atoms with van der Waals surface area (Å²) in [5.74, 6) is 2.61. The van der Waals surface area contributed by atoms with Crippen LogP contribution in [0, 0.1) is 20.8 Å². The Bertz CT molecular complexity index is 887. The van der Waals surface area contributed by atoms with Gasteiger partial charge in [0.25, 0.3) is 5.91 Å². The third-order valence-corrected chi connectivity index (χ3v) is 4.24.